The second-order valence-corrected chi connectivity index (χ2v) is 8.95. The minimum atomic E-state index is -0.531. The summed E-state index contributed by atoms with van der Waals surface area (Å²) in [6.45, 7) is 1.99. The number of carbonyl (C=O) groups excluding carboxylic acids is 2. The zero-order valence-corrected chi connectivity index (χ0v) is 17.9. The lowest BCUT2D eigenvalue weighted by Gasteiger charge is -2.33. The molecule has 0 bridgehead atoms. The lowest BCUT2D eigenvalue weighted by molar-refractivity contribution is -0.145. The highest BCUT2D eigenvalue weighted by molar-refractivity contribution is 7.13. The number of amides is 1. The summed E-state index contributed by atoms with van der Waals surface area (Å²) in [4.78, 5) is 32.7. The molecule has 8 heteroatoms. The lowest BCUT2D eigenvalue weighted by Crippen LogP contribution is -2.46. The topological polar surface area (TPSA) is 68.7 Å². The third-order valence-electron chi connectivity index (χ3n) is 6.01. The van der Waals surface area contributed by atoms with E-state index in [1.165, 1.54) is 30.6 Å². The van der Waals surface area contributed by atoms with Crippen molar-refractivity contribution in [1.29, 1.82) is 0 Å². The third kappa shape index (κ3) is 4.05. The van der Waals surface area contributed by atoms with Crippen molar-refractivity contribution in [3.05, 3.63) is 45.7 Å². The first-order valence-electron chi connectivity index (χ1n) is 10.2. The van der Waals surface area contributed by atoms with E-state index in [-0.39, 0.29) is 30.3 Å². The van der Waals surface area contributed by atoms with Crippen molar-refractivity contribution in [2.24, 2.45) is 5.92 Å². The summed E-state index contributed by atoms with van der Waals surface area (Å²) in [7, 11) is 1.37. The molecule has 3 atom stereocenters. The van der Waals surface area contributed by atoms with Gasteiger partial charge in [0.05, 0.1) is 12.8 Å². The molecule has 2 aliphatic rings. The first-order valence-corrected chi connectivity index (χ1v) is 11.0. The Balaban J connectivity index is 1.52. The number of halogens is 1. The van der Waals surface area contributed by atoms with E-state index in [2.05, 4.69) is 4.98 Å². The Morgan fingerprint density at radius 3 is 2.70 bits per heavy atom. The molecule has 4 rings (SSSR count). The number of aryl methyl sites for hydroxylation is 1. The number of benzene rings is 1. The molecule has 0 radical (unpaired) electrons. The van der Waals surface area contributed by atoms with Crippen LogP contribution in [0.3, 0.4) is 0 Å². The molecule has 1 aromatic carbocycles. The summed E-state index contributed by atoms with van der Waals surface area (Å²) in [5.41, 5.74) is 0.630. The van der Waals surface area contributed by atoms with Crippen LogP contribution in [0.2, 0.25) is 0 Å². The van der Waals surface area contributed by atoms with Gasteiger partial charge >= 0.3 is 5.97 Å². The molecule has 30 heavy (non-hydrogen) atoms. The Kier molecular flexibility index (Phi) is 6.04. The molecule has 1 saturated heterocycles. The van der Waals surface area contributed by atoms with Gasteiger partial charge in [0, 0.05) is 6.04 Å². The van der Waals surface area contributed by atoms with E-state index < -0.39 is 6.04 Å². The molecule has 2 fully saturated rings. The van der Waals surface area contributed by atoms with Crippen LogP contribution < -0.4 is 4.74 Å². The number of esters is 1. The number of thiazole rings is 1. The SMILES string of the molecule is COC(=O)C1CC2CCCCC2N1C(=O)c1sc(COc2ccc(F)cc2)nc1C. The number of rotatable bonds is 5. The third-order valence-corrected chi connectivity index (χ3v) is 7.13. The molecule has 1 aliphatic carbocycles. The fourth-order valence-electron chi connectivity index (χ4n) is 4.60. The summed E-state index contributed by atoms with van der Waals surface area (Å²) in [6.07, 6.45) is 4.84. The Morgan fingerprint density at radius 2 is 1.97 bits per heavy atom. The molecule has 1 saturated carbocycles. The van der Waals surface area contributed by atoms with Gasteiger partial charge in [-0.1, -0.05) is 12.8 Å². The second-order valence-electron chi connectivity index (χ2n) is 7.86. The van der Waals surface area contributed by atoms with E-state index in [9.17, 15) is 14.0 Å². The van der Waals surface area contributed by atoms with Crippen LogP contribution in [0.5, 0.6) is 5.75 Å². The van der Waals surface area contributed by atoms with Crippen molar-refractivity contribution in [3.63, 3.8) is 0 Å². The van der Waals surface area contributed by atoms with E-state index >= 15 is 0 Å². The minimum Gasteiger partial charge on any atom is -0.486 e. The van der Waals surface area contributed by atoms with E-state index in [1.807, 2.05) is 0 Å². The highest BCUT2D eigenvalue weighted by atomic mass is 32.1. The summed E-state index contributed by atoms with van der Waals surface area (Å²) < 4.78 is 23.7. The number of hydrogen-bond donors (Lipinski definition) is 0. The fourth-order valence-corrected chi connectivity index (χ4v) is 5.53. The Labute approximate surface area is 179 Å². The van der Waals surface area contributed by atoms with Crippen molar-refractivity contribution in [2.45, 2.75) is 57.7 Å². The Hall–Kier alpha value is -2.48. The molecule has 1 aliphatic heterocycles. The smallest absolute Gasteiger partial charge is 0.328 e. The second kappa shape index (κ2) is 8.71. The van der Waals surface area contributed by atoms with Crippen LogP contribution in [0, 0.1) is 18.7 Å². The maximum atomic E-state index is 13.5. The number of methoxy groups -OCH3 is 1. The first-order chi connectivity index (χ1) is 14.5. The van der Waals surface area contributed by atoms with Gasteiger partial charge in [-0.2, -0.15) is 0 Å². The monoisotopic (exact) mass is 432 g/mol. The maximum Gasteiger partial charge on any atom is 0.328 e. The molecule has 0 spiro atoms. The Bertz CT molecular complexity index is 930. The minimum absolute atomic E-state index is 0.0794. The molecule has 1 aromatic heterocycles. The maximum absolute atomic E-state index is 13.5. The zero-order valence-electron chi connectivity index (χ0n) is 17.1. The molecular formula is C22H25FN2O4S. The number of likely N-dealkylation sites (tertiary alicyclic amines) is 1. The van der Waals surface area contributed by atoms with E-state index in [0.717, 1.165) is 25.7 Å². The summed E-state index contributed by atoms with van der Waals surface area (Å²) in [5, 5.41) is 0.661. The molecular weight excluding hydrogens is 407 g/mol. The number of fused-ring (bicyclic) bond motifs is 1. The van der Waals surface area contributed by atoms with Crippen LogP contribution in [0.4, 0.5) is 4.39 Å². The standard InChI is InChI=1S/C22H25FN2O4S/c1-13-20(30-19(24-13)12-29-16-9-7-15(23)8-10-16)21(26)25-17-6-4-3-5-14(17)11-18(25)22(27)28-2/h7-10,14,17-18H,3-6,11-12H2,1-2H3. The van der Waals surface area contributed by atoms with Crippen molar-refractivity contribution in [3.8, 4) is 5.75 Å². The number of nitrogens with zero attached hydrogens (tertiary/aromatic N) is 2. The van der Waals surface area contributed by atoms with Gasteiger partial charge in [0.2, 0.25) is 0 Å². The largest absolute Gasteiger partial charge is 0.486 e. The van der Waals surface area contributed by atoms with Gasteiger partial charge in [-0.3, -0.25) is 4.79 Å². The van der Waals surface area contributed by atoms with Crippen LogP contribution in [-0.4, -0.2) is 41.0 Å². The van der Waals surface area contributed by atoms with Crippen LogP contribution >= 0.6 is 11.3 Å². The van der Waals surface area contributed by atoms with Crippen molar-refractivity contribution < 1.29 is 23.5 Å². The average Bonchev–Trinajstić information content (AvgIpc) is 3.33. The van der Waals surface area contributed by atoms with Crippen molar-refractivity contribution >= 4 is 23.2 Å². The molecule has 0 N–H and O–H groups in total. The predicted molar refractivity (Wildman–Crippen MR) is 110 cm³/mol. The summed E-state index contributed by atoms with van der Waals surface area (Å²) in [6, 6.07) is 5.31. The Morgan fingerprint density at radius 1 is 1.23 bits per heavy atom. The van der Waals surface area contributed by atoms with E-state index in [0.29, 0.717) is 33.7 Å². The van der Waals surface area contributed by atoms with Gasteiger partial charge in [-0.05, 0) is 56.4 Å². The van der Waals surface area contributed by atoms with Crippen LogP contribution in [0.15, 0.2) is 24.3 Å². The van der Waals surface area contributed by atoms with E-state index in [4.69, 9.17) is 9.47 Å². The van der Waals surface area contributed by atoms with Gasteiger partial charge in [0.1, 0.15) is 34.1 Å². The molecule has 2 heterocycles. The summed E-state index contributed by atoms with van der Waals surface area (Å²) >= 11 is 1.28. The van der Waals surface area contributed by atoms with Gasteiger partial charge in [0.25, 0.3) is 5.91 Å². The summed E-state index contributed by atoms with van der Waals surface area (Å²) in [5.74, 6) is 0.0588. The number of ether oxygens (including phenoxy) is 2. The van der Waals surface area contributed by atoms with Gasteiger partial charge < -0.3 is 14.4 Å². The van der Waals surface area contributed by atoms with Crippen molar-refractivity contribution in [1.82, 2.24) is 9.88 Å². The number of aromatic nitrogens is 1. The van der Waals surface area contributed by atoms with Crippen LogP contribution in [-0.2, 0) is 16.1 Å². The lowest BCUT2D eigenvalue weighted by atomic mass is 9.84. The van der Waals surface area contributed by atoms with E-state index in [1.54, 1.807) is 24.0 Å². The average molecular weight is 433 g/mol. The quantitative estimate of drug-likeness (QED) is 0.665. The first kappa shape index (κ1) is 20.8. The highest BCUT2D eigenvalue weighted by Crippen LogP contribution is 2.41. The number of carbonyl (C=O) groups is 2. The van der Waals surface area contributed by atoms with Gasteiger partial charge in [-0.25, -0.2) is 14.2 Å². The van der Waals surface area contributed by atoms with Gasteiger partial charge in [0.15, 0.2) is 0 Å². The number of hydrogen-bond acceptors (Lipinski definition) is 6. The molecule has 1 amide bonds. The molecule has 2 aromatic rings. The molecule has 6 nitrogen and oxygen atoms in total. The van der Waals surface area contributed by atoms with Gasteiger partial charge in [-0.15, -0.1) is 11.3 Å². The van der Waals surface area contributed by atoms with Crippen molar-refractivity contribution in [2.75, 3.05) is 7.11 Å². The van der Waals surface area contributed by atoms with Crippen LogP contribution in [0.1, 0.15) is 52.5 Å². The fraction of sp³-hybridized carbons (Fsp3) is 0.500. The zero-order chi connectivity index (χ0) is 21.3. The normalized spacial score (nSPS) is 23.2. The highest BCUT2D eigenvalue weighted by Gasteiger charge is 2.48. The predicted octanol–water partition coefficient (Wildman–Crippen LogP) is 4.12. The molecule has 160 valence electrons. The van der Waals surface area contributed by atoms with Crippen LogP contribution in [0.25, 0.3) is 0 Å². The molecule has 3 unspecified atom stereocenters.